The molecule has 1 rings (SSSR count). The molecule has 0 fully saturated rings. The summed E-state index contributed by atoms with van der Waals surface area (Å²) in [5, 5.41) is 0. The van der Waals surface area contributed by atoms with Crippen molar-refractivity contribution in [2.45, 2.75) is 33.1 Å². The van der Waals surface area contributed by atoms with Gasteiger partial charge in [-0.3, -0.25) is 4.79 Å². The van der Waals surface area contributed by atoms with Gasteiger partial charge in [0.15, 0.2) is 6.79 Å². The molecule has 18 heavy (non-hydrogen) atoms. The highest BCUT2D eigenvalue weighted by molar-refractivity contribution is 5.96. The van der Waals surface area contributed by atoms with E-state index in [2.05, 4.69) is 6.92 Å². The van der Waals surface area contributed by atoms with E-state index in [1.165, 1.54) is 5.56 Å². The van der Waals surface area contributed by atoms with Crippen LogP contribution >= 0.6 is 0 Å². The summed E-state index contributed by atoms with van der Waals surface area (Å²) in [5.41, 5.74) is 7.91. The van der Waals surface area contributed by atoms with Crippen LogP contribution in [0.15, 0.2) is 12.1 Å². The van der Waals surface area contributed by atoms with E-state index in [9.17, 15) is 4.79 Å². The largest absolute Gasteiger partial charge is 0.466 e. The van der Waals surface area contributed by atoms with Crippen LogP contribution in [0.1, 0.15) is 41.3 Å². The number of rotatable bonds is 7. The minimum Gasteiger partial charge on any atom is -0.466 e. The minimum absolute atomic E-state index is 0.109. The molecule has 1 aromatic rings. The molecular weight excluding hydrogens is 230 g/mol. The second kappa shape index (κ2) is 7.01. The molecule has 0 unspecified atom stereocenters. The van der Waals surface area contributed by atoms with E-state index in [0.29, 0.717) is 11.3 Å². The second-order valence-electron chi connectivity index (χ2n) is 4.25. The van der Waals surface area contributed by atoms with Gasteiger partial charge in [-0.25, -0.2) is 0 Å². The molecule has 0 heterocycles. The van der Waals surface area contributed by atoms with Gasteiger partial charge in [0, 0.05) is 7.11 Å². The summed E-state index contributed by atoms with van der Waals surface area (Å²) < 4.78 is 10.4. The molecule has 0 spiro atoms. The Morgan fingerprint density at radius 2 is 2.11 bits per heavy atom. The fourth-order valence-corrected chi connectivity index (χ4v) is 1.87. The van der Waals surface area contributed by atoms with Crippen molar-refractivity contribution in [2.24, 2.45) is 5.73 Å². The number of benzene rings is 1. The zero-order valence-corrected chi connectivity index (χ0v) is 11.3. The third-order valence-corrected chi connectivity index (χ3v) is 2.90. The Morgan fingerprint density at radius 3 is 2.67 bits per heavy atom. The molecule has 0 aliphatic heterocycles. The van der Waals surface area contributed by atoms with Crippen molar-refractivity contribution in [3.8, 4) is 5.75 Å². The number of aryl methyl sites for hydroxylation is 1. The van der Waals surface area contributed by atoms with Crippen LogP contribution in [0.3, 0.4) is 0 Å². The van der Waals surface area contributed by atoms with Gasteiger partial charge in [-0.2, -0.15) is 0 Å². The average molecular weight is 251 g/mol. The van der Waals surface area contributed by atoms with Gasteiger partial charge in [-0.05, 0) is 37.0 Å². The normalized spacial score (nSPS) is 10.4. The van der Waals surface area contributed by atoms with Gasteiger partial charge >= 0.3 is 0 Å². The van der Waals surface area contributed by atoms with Crippen LogP contribution in [0.4, 0.5) is 0 Å². The first-order valence-corrected chi connectivity index (χ1v) is 6.15. The number of carbonyl (C=O) groups is 1. The quantitative estimate of drug-likeness (QED) is 0.757. The number of carbonyl (C=O) groups excluding carboxylic acids is 1. The van der Waals surface area contributed by atoms with Crippen molar-refractivity contribution in [1.29, 1.82) is 0 Å². The van der Waals surface area contributed by atoms with Crippen LogP contribution < -0.4 is 10.5 Å². The van der Waals surface area contributed by atoms with E-state index in [1.807, 2.05) is 13.0 Å². The summed E-state index contributed by atoms with van der Waals surface area (Å²) in [6, 6.07) is 3.68. The van der Waals surface area contributed by atoms with E-state index < -0.39 is 5.91 Å². The van der Waals surface area contributed by atoms with Crippen molar-refractivity contribution < 1.29 is 14.3 Å². The summed E-state index contributed by atoms with van der Waals surface area (Å²) in [7, 11) is 1.54. The van der Waals surface area contributed by atoms with Crippen LogP contribution in [0.25, 0.3) is 0 Å². The number of nitrogens with two attached hydrogens (primary N) is 1. The van der Waals surface area contributed by atoms with Crippen molar-refractivity contribution >= 4 is 5.91 Å². The molecule has 0 aromatic heterocycles. The van der Waals surface area contributed by atoms with E-state index in [1.54, 1.807) is 13.2 Å². The van der Waals surface area contributed by atoms with Crippen molar-refractivity contribution in [1.82, 2.24) is 0 Å². The van der Waals surface area contributed by atoms with Crippen molar-refractivity contribution in [3.05, 3.63) is 28.8 Å². The first-order chi connectivity index (χ1) is 8.61. The predicted octanol–water partition coefficient (Wildman–Crippen LogP) is 2.42. The number of primary amides is 1. The number of ether oxygens (including phenoxy) is 2. The zero-order valence-electron chi connectivity index (χ0n) is 11.3. The maximum atomic E-state index is 11.4. The summed E-state index contributed by atoms with van der Waals surface area (Å²) in [6.07, 6.45) is 3.22. The second-order valence-corrected chi connectivity index (χ2v) is 4.25. The van der Waals surface area contributed by atoms with Crippen LogP contribution in [-0.2, 0) is 11.2 Å². The standard InChI is InChI=1S/C14H21NO3/c1-4-5-6-11-7-8-12(14(15)16)13(10(11)2)18-9-17-3/h7-8H,4-6,9H2,1-3H3,(H2,15,16). The number of amides is 1. The van der Waals surface area contributed by atoms with Gasteiger partial charge in [0.25, 0.3) is 5.91 Å². The monoisotopic (exact) mass is 251 g/mol. The zero-order chi connectivity index (χ0) is 13.5. The predicted molar refractivity (Wildman–Crippen MR) is 70.8 cm³/mol. The lowest BCUT2D eigenvalue weighted by atomic mass is 9.99. The van der Waals surface area contributed by atoms with Gasteiger partial charge in [-0.15, -0.1) is 0 Å². The van der Waals surface area contributed by atoms with Gasteiger partial charge in [-0.1, -0.05) is 19.4 Å². The molecule has 1 amide bonds. The van der Waals surface area contributed by atoms with Crippen LogP contribution in [0, 0.1) is 6.92 Å². The summed E-state index contributed by atoms with van der Waals surface area (Å²) in [5.74, 6) is 0.0594. The van der Waals surface area contributed by atoms with Crippen LogP contribution in [-0.4, -0.2) is 19.8 Å². The highest BCUT2D eigenvalue weighted by Gasteiger charge is 2.15. The van der Waals surface area contributed by atoms with Gasteiger partial charge in [0.05, 0.1) is 5.56 Å². The third-order valence-electron chi connectivity index (χ3n) is 2.90. The molecule has 0 atom stereocenters. The molecule has 0 radical (unpaired) electrons. The average Bonchev–Trinajstić information content (AvgIpc) is 2.35. The van der Waals surface area contributed by atoms with Gasteiger partial charge < -0.3 is 15.2 Å². The fraction of sp³-hybridized carbons (Fsp3) is 0.500. The van der Waals surface area contributed by atoms with Crippen LogP contribution in [0.5, 0.6) is 5.75 Å². The topological polar surface area (TPSA) is 61.6 Å². The maximum absolute atomic E-state index is 11.4. The van der Waals surface area contributed by atoms with E-state index in [-0.39, 0.29) is 6.79 Å². The van der Waals surface area contributed by atoms with E-state index in [0.717, 1.165) is 24.8 Å². The molecule has 4 heteroatoms. The Morgan fingerprint density at radius 1 is 1.39 bits per heavy atom. The van der Waals surface area contributed by atoms with Crippen molar-refractivity contribution in [3.63, 3.8) is 0 Å². The molecule has 2 N–H and O–H groups in total. The molecule has 4 nitrogen and oxygen atoms in total. The Kier molecular flexibility index (Phi) is 5.65. The molecule has 0 aliphatic carbocycles. The Hall–Kier alpha value is -1.55. The highest BCUT2D eigenvalue weighted by atomic mass is 16.7. The number of unbranched alkanes of at least 4 members (excludes halogenated alkanes) is 1. The SMILES string of the molecule is CCCCc1ccc(C(N)=O)c(OCOC)c1C. The maximum Gasteiger partial charge on any atom is 0.252 e. The molecular formula is C14H21NO3. The molecule has 0 bridgehead atoms. The smallest absolute Gasteiger partial charge is 0.252 e. The molecule has 0 aliphatic rings. The lowest BCUT2D eigenvalue weighted by Gasteiger charge is -2.15. The summed E-state index contributed by atoms with van der Waals surface area (Å²) in [6.45, 7) is 4.20. The Balaban J connectivity index is 3.08. The molecule has 0 saturated heterocycles. The van der Waals surface area contributed by atoms with Gasteiger partial charge in [0.1, 0.15) is 5.75 Å². The minimum atomic E-state index is -0.480. The number of hydrogen-bond donors (Lipinski definition) is 1. The first kappa shape index (κ1) is 14.5. The van der Waals surface area contributed by atoms with Crippen molar-refractivity contribution in [2.75, 3.05) is 13.9 Å². The lowest BCUT2D eigenvalue weighted by molar-refractivity contribution is 0.0497. The number of hydrogen-bond acceptors (Lipinski definition) is 3. The lowest BCUT2D eigenvalue weighted by Crippen LogP contribution is -2.15. The molecule has 1 aromatic carbocycles. The van der Waals surface area contributed by atoms with Crippen LogP contribution in [0.2, 0.25) is 0 Å². The fourth-order valence-electron chi connectivity index (χ4n) is 1.87. The highest BCUT2D eigenvalue weighted by Crippen LogP contribution is 2.27. The Labute approximate surface area is 108 Å². The third kappa shape index (κ3) is 3.47. The summed E-state index contributed by atoms with van der Waals surface area (Å²) >= 11 is 0. The summed E-state index contributed by atoms with van der Waals surface area (Å²) in [4.78, 5) is 11.4. The van der Waals surface area contributed by atoms with Gasteiger partial charge in [0.2, 0.25) is 0 Å². The molecule has 100 valence electrons. The van der Waals surface area contributed by atoms with E-state index in [4.69, 9.17) is 15.2 Å². The molecule has 0 saturated carbocycles. The number of methoxy groups -OCH3 is 1. The van der Waals surface area contributed by atoms with E-state index >= 15 is 0 Å². The first-order valence-electron chi connectivity index (χ1n) is 6.15. The Bertz CT molecular complexity index is 416.